The summed E-state index contributed by atoms with van der Waals surface area (Å²) >= 11 is 0. The summed E-state index contributed by atoms with van der Waals surface area (Å²) in [6, 6.07) is 10.6. The summed E-state index contributed by atoms with van der Waals surface area (Å²) < 4.78 is 0. The summed E-state index contributed by atoms with van der Waals surface area (Å²) in [5.41, 5.74) is 1.41. The lowest BCUT2D eigenvalue weighted by molar-refractivity contribution is -0.134. The van der Waals surface area contributed by atoms with Gasteiger partial charge in [0.15, 0.2) is 0 Å². The Bertz CT molecular complexity index is 437. The zero-order valence-corrected chi connectivity index (χ0v) is 11.4. The fourth-order valence-electron chi connectivity index (χ4n) is 3.56. The van der Waals surface area contributed by atoms with Crippen molar-refractivity contribution in [2.75, 3.05) is 19.6 Å². The number of hydrogen-bond donors (Lipinski definition) is 1. The first kappa shape index (κ1) is 12.7. The Balaban J connectivity index is 1.86. The second-order valence-electron chi connectivity index (χ2n) is 5.79. The predicted octanol–water partition coefficient (Wildman–Crippen LogP) is 1.97. The van der Waals surface area contributed by atoms with Gasteiger partial charge in [0.05, 0.1) is 0 Å². The zero-order chi connectivity index (χ0) is 13.1. The monoisotopic (exact) mass is 258 g/mol. The number of benzene rings is 1. The van der Waals surface area contributed by atoms with Crippen molar-refractivity contribution < 1.29 is 4.79 Å². The summed E-state index contributed by atoms with van der Waals surface area (Å²) in [5.74, 6) is 0.359. The van der Waals surface area contributed by atoms with E-state index in [9.17, 15) is 4.79 Å². The molecule has 0 saturated carbocycles. The van der Waals surface area contributed by atoms with Crippen LogP contribution >= 0.6 is 0 Å². The lowest BCUT2D eigenvalue weighted by atomic mass is 9.81. The van der Waals surface area contributed by atoms with Crippen molar-refractivity contribution in [3.63, 3.8) is 0 Å². The van der Waals surface area contributed by atoms with Gasteiger partial charge in [-0.2, -0.15) is 0 Å². The summed E-state index contributed by atoms with van der Waals surface area (Å²) in [6.07, 6.45) is 4.93. The van der Waals surface area contributed by atoms with Gasteiger partial charge in [-0.3, -0.25) is 4.79 Å². The van der Waals surface area contributed by atoms with Crippen LogP contribution in [0.15, 0.2) is 30.3 Å². The molecule has 0 atom stereocenters. The summed E-state index contributed by atoms with van der Waals surface area (Å²) in [6.45, 7) is 3.00. The molecule has 0 aromatic heterocycles. The van der Waals surface area contributed by atoms with Gasteiger partial charge in [0.2, 0.25) is 5.91 Å². The highest BCUT2D eigenvalue weighted by Gasteiger charge is 2.42. The molecule has 0 unspecified atom stereocenters. The molecule has 102 valence electrons. The highest BCUT2D eigenvalue weighted by atomic mass is 16.2. The molecule has 2 heterocycles. The Hall–Kier alpha value is -1.35. The fraction of sp³-hybridized carbons (Fsp3) is 0.562. The molecule has 1 aromatic carbocycles. The van der Waals surface area contributed by atoms with Gasteiger partial charge in [-0.1, -0.05) is 30.3 Å². The molecule has 0 spiro atoms. The van der Waals surface area contributed by atoms with Gasteiger partial charge in [0.25, 0.3) is 0 Å². The van der Waals surface area contributed by atoms with Crippen LogP contribution in [0.4, 0.5) is 0 Å². The van der Waals surface area contributed by atoms with E-state index < -0.39 is 0 Å². The first-order valence-corrected chi connectivity index (χ1v) is 7.35. The SMILES string of the molecule is O=C1CCCN1C1(Cc2ccccc2)CCNCC1. The Morgan fingerprint density at radius 1 is 1.16 bits per heavy atom. The molecule has 2 saturated heterocycles. The topological polar surface area (TPSA) is 32.3 Å². The van der Waals surface area contributed by atoms with Gasteiger partial charge < -0.3 is 10.2 Å². The Kier molecular flexibility index (Phi) is 3.56. The van der Waals surface area contributed by atoms with Gasteiger partial charge in [0.1, 0.15) is 0 Å². The molecule has 0 radical (unpaired) electrons. The van der Waals surface area contributed by atoms with Crippen molar-refractivity contribution in [1.29, 1.82) is 0 Å². The van der Waals surface area contributed by atoms with Gasteiger partial charge in [-0.25, -0.2) is 0 Å². The van der Waals surface area contributed by atoms with Gasteiger partial charge in [-0.05, 0) is 44.3 Å². The third-order valence-electron chi connectivity index (χ3n) is 4.56. The zero-order valence-electron chi connectivity index (χ0n) is 11.4. The van der Waals surface area contributed by atoms with Crippen LogP contribution in [-0.2, 0) is 11.2 Å². The molecule has 2 fully saturated rings. The van der Waals surface area contributed by atoms with Gasteiger partial charge >= 0.3 is 0 Å². The third kappa shape index (κ3) is 2.52. The molecule has 3 nitrogen and oxygen atoms in total. The lowest BCUT2D eigenvalue weighted by Gasteiger charge is -2.45. The van der Waals surface area contributed by atoms with Crippen molar-refractivity contribution >= 4 is 5.91 Å². The van der Waals surface area contributed by atoms with E-state index in [0.717, 1.165) is 51.7 Å². The minimum Gasteiger partial charge on any atom is -0.337 e. The first-order chi connectivity index (χ1) is 9.30. The fourth-order valence-corrected chi connectivity index (χ4v) is 3.56. The van der Waals surface area contributed by atoms with Crippen LogP contribution in [0.5, 0.6) is 0 Å². The number of likely N-dealkylation sites (tertiary alicyclic amines) is 1. The number of piperidine rings is 1. The summed E-state index contributed by atoms with van der Waals surface area (Å²) in [4.78, 5) is 14.4. The van der Waals surface area contributed by atoms with Crippen molar-refractivity contribution in [3.05, 3.63) is 35.9 Å². The standard InChI is InChI=1S/C16H22N2O/c19-15-7-4-12-18(15)16(8-10-17-11-9-16)13-14-5-2-1-3-6-14/h1-3,5-6,17H,4,7-13H2. The second kappa shape index (κ2) is 5.33. The molecule has 1 amide bonds. The van der Waals surface area contributed by atoms with Crippen molar-refractivity contribution in [3.8, 4) is 0 Å². The predicted molar refractivity (Wildman–Crippen MR) is 75.9 cm³/mol. The van der Waals surface area contributed by atoms with Crippen molar-refractivity contribution in [2.24, 2.45) is 0 Å². The molecule has 3 heteroatoms. The molecule has 2 aliphatic heterocycles. The molecule has 2 aliphatic rings. The van der Waals surface area contributed by atoms with Crippen LogP contribution in [0.2, 0.25) is 0 Å². The van der Waals surface area contributed by atoms with E-state index in [4.69, 9.17) is 0 Å². The Labute approximate surface area is 115 Å². The molecule has 1 N–H and O–H groups in total. The maximum Gasteiger partial charge on any atom is 0.223 e. The van der Waals surface area contributed by atoms with Crippen molar-refractivity contribution in [1.82, 2.24) is 10.2 Å². The van der Waals surface area contributed by atoms with E-state index >= 15 is 0 Å². The normalized spacial score (nSPS) is 22.7. The highest BCUT2D eigenvalue weighted by molar-refractivity contribution is 5.79. The summed E-state index contributed by atoms with van der Waals surface area (Å²) in [5, 5.41) is 3.43. The number of hydrogen-bond acceptors (Lipinski definition) is 2. The molecule has 0 bridgehead atoms. The second-order valence-corrected chi connectivity index (χ2v) is 5.79. The number of carbonyl (C=O) groups excluding carboxylic acids is 1. The average Bonchev–Trinajstić information content (AvgIpc) is 2.88. The molecular weight excluding hydrogens is 236 g/mol. The van der Waals surface area contributed by atoms with Gasteiger partial charge in [0, 0.05) is 18.5 Å². The quantitative estimate of drug-likeness (QED) is 0.899. The van der Waals surface area contributed by atoms with Crippen LogP contribution in [0, 0.1) is 0 Å². The third-order valence-corrected chi connectivity index (χ3v) is 4.56. The number of rotatable bonds is 3. The van der Waals surface area contributed by atoms with E-state index in [-0.39, 0.29) is 5.54 Å². The molecule has 0 aliphatic carbocycles. The van der Waals surface area contributed by atoms with Crippen LogP contribution in [0.25, 0.3) is 0 Å². The van der Waals surface area contributed by atoms with E-state index in [2.05, 4.69) is 40.5 Å². The van der Waals surface area contributed by atoms with Crippen LogP contribution in [0.1, 0.15) is 31.2 Å². The highest BCUT2D eigenvalue weighted by Crippen LogP contribution is 2.33. The van der Waals surface area contributed by atoms with E-state index in [1.807, 2.05) is 0 Å². The molecule has 3 rings (SSSR count). The van der Waals surface area contributed by atoms with Crippen molar-refractivity contribution in [2.45, 2.75) is 37.6 Å². The number of nitrogens with one attached hydrogen (secondary N) is 1. The van der Waals surface area contributed by atoms with Crippen LogP contribution in [0.3, 0.4) is 0 Å². The minimum atomic E-state index is 0.0557. The largest absolute Gasteiger partial charge is 0.337 e. The van der Waals surface area contributed by atoms with E-state index in [1.54, 1.807) is 0 Å². The molecule has 1 aromatic rings. The summed E-state index contributed by atoms with van der Waals surface area (Å²) in [7, 11) is 0. The minimum absolute atomic E-state index is 0.0557. The van der Waals surface area contributed by atoms with Crippen LogP contribution < -0.4 is 5.32 Å². The smallest absolute Gasteiger partial charge is 0.223 e. The Morgan fingerprint density at radius 2 is 1.89 bits per heavy atom. The number of nitrogens with zero attached hydrogens (tertiary/aromatic N) is 1. The van der Waals surface area contributed by atoms with E-state index in [0.29, 0.717) is 5.91 Å². The molecular formula is C16H22N2O. The van der Waals surface area contributed by atoms with E-state index in [1.165, 1.54) is 5.56 Å². The number of amides is 1. The number of carbonyl (C=O) groups is 1. The van der Waals surface area contributed by atoms with Gasteiger partial charge in [-0.15, -0.1) is 0 Å². The average molecular weight is 258 g/mol. The maximum absolute atomic E-state index is 12.2. The first-order valence-electron chi connectivity index (χ1n) is 7.35. The maximum atomic E-state index is 12.2. The lowest BCUT2D eigenvalue weighted by Crippen LogP contribution is -2.56. The molecule has 19 heavy (non-hydrogen) atoms. The Morgan fingerprint density at radius 3 is 2.53 bits per heavy atom. The van der Waals surface area contributed by atoms with Crippen LogP contribution in [-0.4, -0.2) is 36.0 Å².